The minimum Gasteiger partial charge on any atom is -0.389 e. The second-order valence-corrected chi connectivity index (χ2v) is 5.32. The number of likely N-dealkylation sites (N-methyl/N-ethyl adjacent to an activating group) is 1. The highest BCUT2D eigenvalue weighted by molar-refractivity contribution is 5.89. The van der Waals surface area contributed by atoms with Crippen molar-refractivity contribution in [1.29, 1.82) is 0 Å². The first-order chi connectivity index (χ1) is 11.1. The molecule has 0 fully saturated rings. The van der Waals surface area contributed by atoms with Crippen molar-refractivity contribution in [3.63, 3.8) is 0 Å². The lowest BCUT2D eigenvalue weighted by molar-refractivity contribution is 0.0501. The molecule has 23 heavy (non-hydrogen) atoms. The summed E-state index contributed by atoms with van der Waals surface area (Å²) in [5.74, 6) is 0. The van der Waals surface area contributed by atoms with Crippen LogP contribution in [0, 0.1) is 0 Å². The minimum atomic E-state index is -0.707. The Morgan fingerprint density at radius 1 is 1.48 bits per heavy atom. The molecule has 0 bridgehead atoms. The standard InChI is InChI=1S/C16H22N4O3/c1-19(11-15(21)12-23-2)16(22)18-14-6-3-5-13(9-14)10-20-8-4-7-17-20/h3-9,15,21H,10-12H2,1-2H3,(H,18,22). The quantitative estimate of drug-likeness (QED) is 0.809. The summed E-state index contributed by atoms with van der Waals surface area (Å²) < 4.78 is 6.67. The summed E-state index contributed by atoms with van der Waals surface area (Å²) in [6.07, 6.45) is 2.91. The minimum absolute atomic E-state index is 0.191. The number of urea groups is 1. The first-order valence-electron chi connectivity index (χ1n) is 7.34. The van der Waals surface area contributed by atoms with Crippen LogP contribution in [0.15, 0.2) is 42.7 Å². The average molecular weight is 318 g/mol. The number of rotatable bonds is 7. The van der Waals surface area contributed by atoms with E-state index >= 15 is 0 Å². The molecule has 0 aliphatic heterocycles. The predicted octanol–water partition coefficient (Wildman–Crippen LogP) is 1.40. The van der Waals surface area contributed by atoms with Gasteiger partial charge in [-0.05, 0) is 23.8 Å². The summed E-state index contributed by atoms with van der Waals surface area (Å²) in [6.45, 7) is 1.03. The van der Waals surface area contributed by atoms with Crippen molar-refractivity contribution in [3.05, 3.63) is 48.3 Å². The second-order valence-electron chi connectivity index (χ2n) is 5.32. The van der Waals surface area contributed by atoms with Crippen LogP contribution >= 0.6 is 0 Å². The van der Waals surface area contributed by atoms with E-state index in [1.807, 2.05) is 41.2 Å². The second kappa shape index (κ2) is 8.30. The van der Waals surface area contributed by atoms with E-state index in [2.05, 4.69) is 10.4 Å². The van der Waals surface area contributed by atoms with E-state index in [4.69, 9.17) is 4.74 Å². The molecule has 0 saturated carbocycles. The van der Waals surface area contributed by atoms with Gasteiger partial charge in [-0.25, -0.2) is 4.79 Å². The topological polar surface area (TPSA) is 79.6 Å². The summed E-state index contributed by atoms with van der Waals surface area (Å²) >= 11 is 0. The van der Waals surface area contributed by atoms with Crippen molar-refractivity contribution in [2.24, 2.45) is 0 Å². The molecule has 7 nitrogen and oxygen atoms in total. The summed E-state index contributed by atoms with van der Waals surface area (Å²) in [5, 5.41) is 16.6. The van der Waals surface area contributed by atoms with Crippen LogP contribution in [0.4, 0.5) is 10.5 Å². The van der Waals surface area contributed by atoms with Crippen molar-refractivity contribution in [2.75, 3.05) is 32.6 Å². The Kier molecular flexibility index (Phi) is 6.13. The Balaban J connectivity index is 1.92. The first kappa shape index (κ1) is 17.0. The smallest absolute Gasteiger partial charge is 0.321 e. The number of hydrogen-bond donors (Lipinski definition) is 2. The third-order valence-electron chi connectivity index (χ3n) is 3.27. The summed E-state index contributed by atoms with van der Waals surface area (Å²) in [5.41, 5.74) is 1.74. The molecule has 124 valence electrons. The number of nitrogens with one attached hydrogen (secondary N) is 1. The van der Waals surface area contributed by atoms with Gasteiger partial charge in [0.15, 0.2) is 0 Å². The van der Waals surface area contributed by atoms with Crippen LogP contribution in [0.5, 0.6) is 0 Å². The van der Waals surface area contributed by atoms with Crippen LogP contribution in [0.2, 0.25) is 0 Å². The number of methoxy groups -OCH3 is 1. The van der Waals surface area contributed by atoms with Gasteiger partial charge in [-0.2, -0.15) is 5.10 Å². The number of amides is 2. The number of anilines is 1. The highest BCUT2D eigenvalue weighted by atomic mass is 16.5. The number of aliphatic hydroxyl groups excluding tert-OH is 1. The Labute approximate surface area is 135 Å². The summed E-state index contributed by atoms with van der Waals surface area (Å²) in [4.78, 5) is 13.5. The number of aromatic nitrogens is 2. The fourth-order valence-electron chi connectivity index (χ4n) is 2.19. The van der Waals surface area contributed by atoms with Crippen LogP contribution in [-0.2, 0) is 11.3 Å². The lowest BCUT2D eigenvalue weighted by Gasteiger charge is -2.21. The van der Waals surface area contributed by atoms with E-state index < -0.39 is 6.10 Å². The monoisotopic (exact) mass is 318 g/mol. The largest absolute Gasteiger partial charge is 0.389 e. The van der Waals surface area contributed by atoms with Crippen LogP contribution in [-0.4, -0.2) is 59.2 Å². The highest BCUT2D eigenvalue weighted by Gasteiger charge is 2.13. The molecule has 2 aromatic rings. The van der Waals surface area contributed by atoms with Crippen LogP contribution in [0.1, 0.15) is 5.56 Å². The fraction of sp³-hybridized carbons (Fsp3) is 0.375. The number of hydrogen-bond acceptors (Lipinski definition) is 4. The molecule has 0 radical (unpaired) electrons. The van der Waals surface area contributed by atoms with Gasteiger partial charge >= 0.3 is 6.03 Å². The fourth-order valence-corrected chi connectivity index (χ4v) is 2.19. The highest BCUT2D eigenvalue weighted by Crippen LogP contribution is 2.12. The molecule has 2 amide bonds. The van der Waals surface area contributed by atoms with Gasteiger partial charge in [0.2, 0.25) is 0 Å². The van der Waals surface area contributed by atoms with Crippen molar-refractivity contribution in [2.45, 2.75) is 12.6 Å². The molecular weight excluding hydrogens is 296 g/mol. The molecule has 1 unspecified atom stereocenters. The lowest BCUT2D eigenvalue weighted by Crippen LogP contribution is -2.38. The Bertz CT molecular complexity index is 616. The molecule has 0 aliphatic carbocycles. The van der Waals surface area contributed by atoms with Gasteiger partial charge < -0.3 is 20.1 Å². The number of carbonyl (C=O) groups excluding carboxylic acids is 1. The number of ether oxygens (including phenoxy) is 1. The third kappa shape index (κ3) is 5.39. The maximum atomic E-state index is 12.1. The zero-order valence-electron chi connectivity index (χ0n) is 13.3. The van der Waals surface area contributed by atoms with E-state index in [-0.39, 0.29) is 19.2 Å². The Hall–Kier alpha value is -2.38. The van der Waals surface area contributed by atoms with Crippen LogP contribution in [0.3, 0.4) is 0 Å². The number of nitrogens with zero attached hydrogens (tertiary/aromatic N) is 3. The van der Waals surface area contributed by atoms with Gasteiger partial charge in [0.05, 0.1) is 25.8 Å². The normalized spacial score (nSPS) is 12.0. The van der Waals surface area contributed by atoms with Gasteiger partial charge in [-0.1, -0.05) is 12.1 Å². The third-order valence-corrected chi connectivity index (χ3v) is 3.27. The molecule has 0 aliphatic rings. The number of aliphatic hydroxyl groups is 1. The average Bonchev–Trinajstić information content (AvgIpc) is 3.00. The maximum Gasteiger partial charge on any atom is 0.321 e. The van der Waals surface area contributed by atoms with Crippen molar-refractivity contribution in [1.82, 2.24) is 14.7 Å². The summed E-state index contributed by atoms with van der Waals surface area (Å²) in [7, 11) is 3.14. The van der Waals surface area contributed by atoms with E-state index in [9.17, 15) is 9.90 Å². The zero-order valence-corrected chi connectivity index (χ0v) is 13.3. The van der Waals surface area contributed by atoms with E-state index in [1.165, 1.54) is 12.0 Å². The van der Waals surface area contributed by atoms with Crippen LogP contribution in [0.25, 0.3) is 0 Å². The molecule has 2 rings (SSSR count). The SMILES string of the molecule is COCC(O)CN(C)C(=O)Nc1cccc(Cn2cccn2)c1. The van der Waals surface area contributed by atoms with Crippen molar-refractivity contribution in [3.8, 4) is 0 Å². The Morgan fingerprint density at radius 2 is 2.30 bits per heavy atom. The van der Waals surface area contributed by atoms with Gasteiger partial charge in [0, 0.05) is 32.2 Å². The summed E-state index contributed by atoms with van der Waals surface area (Å²) in [6, 6.07) is 9.17. The molecule has 1 atom stereocenters. The number of benzene rings is 1. The van der Waals surface area contributed by atoms with Crippen molar-refractivity contribution >= 4 is 11.7 Å². The Morgan fingerprint density at radius 3 is 3.00 bits per heavy atom. The van der Waals surface area contributed by atoms with Crippen molar-refractivity contribution < 1.29 is 14.6 Å². The molecular formula is C16H22N4O3. The van der Waals surface area contributed by atoms with E-state index in [0.29, 0.717) is 12.2 Å². The molecule has 1 aromatic carbocycles. The molecule has 1 aromatic heterocycles. The zero-order chi connectivity index (χ0) is 16.7. The van der Waals surface area contributed by atoms with E-state index in [1.54, 1.807) is 13.2 Å². The van der Waals surface area contributed by atoms with Gasteiger partial charge in [0.25, 0.3) is 0 Å². The van der Waals surface area contributed by atoms with E-state index in [0.717, 1.165) is 5.56 Å². The molecule has 2 N–H and O–H groups in total. The molecule has 0 saturated heterocycles. The molecule has 1 heterocycles. The van der Waals surface area contributed by atoms with Crippen LogP contribution < -0.4 is 5.32 Å². The van der Waals surface area contributed by atoms with Gasteiger partial charge in [0.1, 0.15) is 0 Å². The van der Waals surface area contributed by atoms with Gasteiger partial charge in [-0.15, -0.1) is 0 Å². The lowest BCUT2D eigenvalue weighted by atomic mass is 10.2. The van der Waals surface area contributed by atoms with Gasteiger partial charge in [-0.3, -0.25) is 4.68 Å². The molecule has 0 spiro atoms. The maximum absolute atomic E-state index is 12.1. The number of carbonyl (C=O) groups is 1. The molecule has 7 heteroatoms. The first-order valence-corrected chi connectivity index (χ1v) is 7.34. The predicted molar refractivity (Wildman–Crippen MR) is 87.3 cm³/mol.